The molecule has 1 aromatic carbocycles. The van der Waals surface area contributed by atoms with Gasteiger partial charge in [0.25, 0.3) is 5.56 Å². The molecule has 4 aromatic rings. The summed E-state index contributed by atoms with van der Waals surface area (Å²) in [6.45, 7) is 1.81. The summed E-state index contributed by atoms with van der Waals surface area (Å²) in [5.41, 5.74) is 2.94. The third-order valence-corrected chi connectivity index (χ3v) is 5.59. The van der Waals surface area contributed by atoms with E-state index in [0.717, 1.165) is 16.1 Å². The Bertz CT molecular complexity index is 1140. The molecule has 0 aliphatic carbocycles. The van der Waals surface area contributed by atoms with Gasteiger partial charge in [-0.05, 0) is 30.5 Å². The topological polar surface area (TPSA) is 63.5 Å². The number of hydrogen-bond acceptors (Lipinski definition) is 5. The Kier molecular flexibility index (Phi) is 4.40. The van der Waals surface area contributed by atoms with Crippen molar-refractivity contribution in [1.82, 2.24) is 9.38 Å². The number of benzene rings is 1. The molecule has 0 spiro atoms. The Hall–Kier alpha value is -2.77. The molecule has 0 aliphatic rings. The SMILES string of the molecule is Cc1cc(=O)n2c(-c3cccc(NC(=O)Cc4cccs4)c3)csc2n1. The zero-order chi connectivity index (χ0) is 18.1. The first-order valence-electron chi connectivity index (χ1n) is 8.01. The molecule has 0 atom stereocenters. The van der Waals surface area contributed by atoms with Crippen LogP contribution in [0.5, 0.6) is 0 Å². The van der Waals surface area contributed by atoms with Gasteiger partial charge in [0.2, 0.25) is 5.91 Å². The lowest BCUT2D eigenvalue weighted by molar-refractivity contribution is -0.115. The second kappa shape index (κ2) is 6.86. The van der Waals surface area contributed by atoms with E-state index < -0.39 is 0 Å². The number of thiophene rings is 1. The third-order valence-electron chi connectivity index (χ3n) is 3.89. The molecule has 3 aromatic heterocycles. The van der Waals surface area contributed by atoms with Gasteiger partial charge < -0.3 is 5.32 Å². The predicted octanol–water partition coefficient (Wildman–Crippen LogP) is 3.97. The average molecular weight is 381 g/mol. The molecule has 26 heavy (non-hydrogen) atoms. The van der Waals surface area contributed by atoms with E-state index in [-0.39, 0.29) is 11.5 Å². The normalized spacial score (nSPS) is 11.0. The fraction of sp³-hybridized carbons (Fsp3) is 0.105. The lowest BCUT2D eigenvalue weighted by atomic mass is 10.1. The molecular formula is C19H15N3O2S2. The van der Waals surface area contributed by atoms with Gasteiger partial charge in [0.15, 0.2) is 4.96 Å². The van der Waals surface area contributed by atoms with Crippen LogP contribution in [0.15, 0.2) is 58.0 Å². The van der Waals surface area contributed by atoms with Gasteiger partial charge in [-0.15, -0.1) is 22.7 Å². The zero-order valence-corrected chi connectivity index (χ0v) is 15.6. The molecule has 3 heterocycles. The largest absolute Gasteiger partial charge is 0.326 e. The first kappa shape index (κ1) is 16.7. The number of nitrogens with zero attached hydrogens (tertiary/aromatic N) is 2. The highest BCUT2D eigenvalue weighted by Crippen LogP contribution is 2.26. The van der Waals surface area contributed by atoms with Gasteiger partial charge in [-0.25, -0.2) is 4.98 Å². The molecule has 4 rings (SSSR count). The van der Waals surface area contributed by atoms with E-state index in [2.05, 4.69) is 10.3 Å². The minimum absolute atomic E-state index is 0.0609. The highest BCUT2D eigenvalue weighted by molar-refractivity contribution is 7.15. The zero-order valence-electron chi connectivity index (χ0n) is 13.9. The van der Waals surface area contributed by atoms with Crippen LogP contribution >= 0.6 is 22.7 Å². The van der Waals surface area contributed by atoms with E-state index in [4.69, 9.17) is 0 Å². The first-order chi connectivity index (χ1) is 12.6. The van der Waals surface area contributed by atoms with Crippen LogP contribution in [0.4, 0.5) is 5.69 Å². The van der Waals surface area contributed by atoms with Gasteiger partial charge in [0.1, 0.15) is 0 Å². The minimum atomic E-state index is -0.101. The summed E-state index contributed by atoms with van der Waals surface area (Å²) >= 11 is 2.99. The number of amides is 1. The quantitative estimate of drug-likeness (QED) is 0.582. The molecule has 0 saturated carbocycles. The van der Waals surface area contributed by atoms with E-state index >= 15 is 0 Å². The maximum absolute atomic E-state index is 12.4. The summed E-state index contributed by atoms with van der Waals surface area (Å²) < 4.78 is 1.60. The Morgan fingerprint density at radius 3 is 2.88 bits per heavy atom. The van der Waals surface area contributed by atoms with Crippen LogP contribution in [0.1, 0.15) is 10.6 Å². The van der Waals surface area contributed by atoms with E-state index in [1.54, 1.807) is 15.7 Å². The molecule has 0 saturated heterocycles. The summed E-state index contributed by atoms with van der Waals surface area (Å²) in [6, 6.07) is 12.9. The van der Waals surface area contributed by atoms with Crippen LogP contribution in [0, 0.1) is 6.92 Å². The maximum Gasteiger partial charge on any atom is 0.259 e. The van der Waals surface area contributed by atoms with Crippen LogP contribution in [0.2, 0.25) is 0 Å². The fourth-order valence-electron chi connectivity index (χ4n) is 2.76. The molecule has 0 aliphatic heterocycles. The van der Waals surface area contributed by atoms with Crippen LogP contribution in [0.3, 0.4) is 0 Å². The van der Waals surface area contributed by atoms with Crippen LogP contribution in [-0.4, -0.2) is 15.3 Å². The lowest BCUT2D eigenvalue weighted by Crippen LogP contribution is -2.14. The number of carbonyl (C=O) groups is 1. The second-order valence-electron chi connectivity index (χ2n) is 5.86. The van der Waals surface area contributed by atoms with Crippen LogP contribution in [0.25, 0.3) is 16.2 Å². The fourth-order valence-corrected chi connectivity index (χ4v) is 4.42. The smallest absolute Gasteiger partial charge is 0.259 e. The average Bonchev–Trinajstić information content (AvgIpc) is 3.24. The van der Waals surface area contributed by atoms with Gasteiger partial charge in [-0.3, -0.25) is 14.0 Å². The third kappa shape index (κ3) is 3.31. The molecule has 0 radical (unpaired) electrons. The van der Waals surface area contributed by atoms with E-state index in [1.807, 2.05) is 54.1 Å². The van der Waals surface area contributed by atoms with Gasteiger partial charge in [0, 0.05) is 33.3 Å². The van der Waals surface area contributed by atoms with Crippen molar-refractivity contribution in [3.63, 3.8) is 0 Å². The van der Waals surface area contributed by atoms with Gasteiger partial charge in [-0.1, -0.05) is 18.2 Å². The molecular weight excluding hydrogens is 366 g/mol. The number of aryl methyl sites for hydroxylation is 1. The Labute approximate surface area is 157 Å². The van der Waals surface area contributed by atoms with Crippen molar-refractivity contribution in [2.45, 2.75) is 13.3 Å². The Morgan fingerprint density at radius 1 is 1.19 bits per heavy atom. The maximum atomic E-state index is 12.4. The number of carbonyl (C=O) groups excluding carboxylic acids is 1. The van der Waals surface area contributed by atoms with E-state index in [1.165, 1.54) is 17.4 Å². The number of anilines is 1. The Balaban J connectivity index is 1.64. The van der Waals surface area contributed by atoms with Gasteiger partial charge in [0.05, 0.1) is 12.1 Å². The number of hydrogen-bond donors (Lipinski definition) is 1. The van der Waals surface area contributed by atoms with Crippen molar-refractivity contribution in [2.24, 2.45) is 0 Å². The van der Waals surface area contributed by atoms with Crippen molar-refractivity contribution >= 4 is 39.2 Å². The number of nitrogens with one attached hydrogen (secondary N) is 1. The van der Waals surface area contributed by atoms with Crippen molar-refractivity contribution in [3.05, 3.63) is 74.1 Å². The van der Waals surface area contributed by atoms with E-state index in [0.29, 0.717) is 22.8 Å². The number of aromatic nitrogens is 2. The van der Waals surface area contributed by atoms with Crippen LogP contribution in [-0.2, 0) is 11.2 Å². The van der Waals surface area contributed by atoms with E-state index in [9.17, 15) is 9.59 Å². The lowest BCUT2D eigenvalue weighted by Gasteiger charge is -2.07. The van der Waals surface area contributed by atoms with Crippen molar-refractivity contribution in [1.29, 1.82) is 0 Å². The predicted molar refractivity (Wildman–Crippen MR) is 106 cm³/mol. The highest BCUT2D eigenvalue weighted by atomic mass is 32.1. The molecule has 130 valence electrons. The van der Waals surface area contributed by atoms with Crippen molar-refractivity contribution in [3.8, 4) is 11.3 Å². The molecule has 5 nitrogen and oxygen atoms in total. The molecule has 0 unspecified atom stereocenters. The molecule has 7 heteroatoms. The van der Waals surface area contributed by atoms with Crippen molar-refractivity contribution < 1.29 is 4.79 Å². The minimum Gasteiger partial charge on any atom is -0.326 e. The molecule has 0 bridgehead atoms. The summed E-state index contributed by atoms with van der Waals surface area (Å²) in [5.74, 6) is -0.0609. The molecule has 1 N–H and O–H groups in total. The first-order valence-corrected chi connectivity index (χ1v) is 9.77. The monoisotopic (exact) mass is 381 g/mol. The standard InChI is InChI=1S/C19H15N3O2S2/c1-12-8-18(24)22-16(11-26-19(22)20-12)13-4-2-5-14(9-13)21-17(23)10-15-6-3-7-25-15/h2-9,11H,10H2,1H3,(H,21,23). The Morgan fingerprint density at radius 2 is 2.08 bits per heavy atom. The molecule has 1 amide bonds. The van der Waals surface area contributed by atoms with Gasteiger partial charge >= 0.3 is 0 Å². The molecule has 0 fully saturated rings. The number of thiazole rings is 1. The summed E-state index contributed by atoms with van der Waals surface area (Å²) in [6.07, 6.45) is 0.353. The number of fused-ring (bicyclic) bond motifs is 1. The number of rotatable bonds is 4. The summed E-state index contributed by atoms with van der Waals surface area (Å²) in [5, 5.41) is 6.79. The summed E-state index contributed by atoms with van der Waals surface area (Å²) in [7, 11) is 0. The second-order valence-corrected chi connectivity index (χ2v) is 7.73. The van der Waals surface area contributed by atoms with Crippen LogP contribution < -0.4 is 10.9 Å². The summed E-state index contributed by atoms with van der Waals surface area (Å²) in [4.78, 5) is 30.7. The van der Waals surface area contributed by atoms with Gasteiger partial charge in [-0.2, -0.15) is 0 Å². The van der Waals surface area contributed by atoms with Crippen molar-refractivity contribution in [2.75, 3.05) is 5.32 Å². The highest BCUT2D eigenvalue weighted by Gasteiger charge is 2.11.